The predicted molar refractivity (Wildman–Crippen MR) is 70.2 cm³/mol. The molecule has 0 heterocycles. The number of rotatable bonds is 2. The fraction of sp³-hybridized carbons (Fsp3) is 0.733. The Balaban J connectivity index is 0.000000297. The van der Waals surface area contributed by atoms with Crippen LogP contribution in [0.4, 0.5) is 0 Å². The summed E-state index contributed by atoms with van der Waals surface area (Å²) in [6.07, 6.45) is 8.60. The van der Waals surface area contributed by atoms with Crippen LogP contribution in [0, 0.1) is 23.2 Å². The van der Waals surface area contributed by atoms with Crippen LogP contribution in [-0.2, 0) is 14.3 Å². The first kappa shape index (κ1) is 14.1. The van der Waals surface area contributed by atoms with Crippen LogP contribution in [0.2, 0.25) is 0 Å². The van der Waals surface area contributed by atoms with Crippen LogP contribution in [0.25, 0.3) is 0 Å². The second kappa shape index (κ2) is 5.35. The van der Waals surface area contributed by atoms with Crippen molar-refractivity contribution in [2.45, 2.75) is 45.4 Å². The Bertz CT molecular complexity index is 346. The smallest absolute Gasteiger partial charge is 0.316 e. The predicted octanol–water partition coefficient (Wildman–Crippen LogP) is 2.98. The Morgan fingerprint density at radius 1 is 1.16 bits per heavy atom. The first-order valence-corrected chi connectivity index (χ1v) is 6.96. The van der Waals surface area contributed by atoms with Crippen LogP contribution in [0.15, 0.2) is 12.8 Å². The molecule has 19 heavy (non-hydrogen) atoms. The molecule has 0 radical (unpaired) electrons. The molecule has 0 atom stereocenters. The fourth-order valence-electron chi connectivity index (χ4n) is 4.56. The minimum absolute atomic E-state index is 0.00315. The summed E-state index contributed by atoms with van der Waals surface area (Å²) in [6, 6.07) is 0. The van der Waals surface area contributed by atoms with Crippen LogP contribution >= 0.6 is 0 Å². The number of hydrogen-bond acceptors (Lipinski definition) is 3. The van der Waals surface area contributed by atoms with Gasteiger partial charge < -0.3 is 9.84 Å². The highest BCUT2D eigenvalue weighted by molar-refractivity contribution is 5.78. The summed E-state index contributed by atoms with van der Waals surface area (Å²) in [4.78, 5) is 21.0. The Morgan fingerprint density at radius 3 is 1.84 bits per heavy atom. The van der Waals surface area contributed by atoms with Crippen molar-refractivity contribution in [3.8, 4) is 0 Å². The van der Waals surface area contributed by atoms with Gasteiger partial charge in [-0.1, -0.05) is 6.58 Å². The number of carbonyl (C=O) groups is 2. The van der Waals surface area contributed by atoms with E-state index in [1.807, 2.05) is 0 Å². The molecule has 4 bridgehead atoms. The van der Waals surface area contributed by atoms with Gasteiger partial charge in [0.1, 0.15) is 0 Å². The second-order valence-corrected chi connectivity index (χ2v) is 6.29. The van der Waals surface area contributed by atoms with Gasteiger partial charge in [-0.25, -0.2) is 0 Å². The summed E-state index contributed by atoms with van der Waals surface area (Å²) < 4.78 is 5.05. The van der Waals surface area contributed by atoms with E-state index >= 15 is 0 Å². The zero-order valence-corrected chi connectivity index (χ0v) is 11.4. The molecule has 0 unspecified atom stereocenters. The number of carbonyl (C=O) groups excluding carboxylic acids is 1. The number of ether oxygens (including phenoxy) is 1. The van der Waals surface area contributed by atoms with E-state index in [-0.39, 0.29) is 11.4 Å². The lowest BCUT2D eigenvalue weighted by atomic mass is 9.49. The quantitative estimate of drug-likeness (QED) is 0.616. The topological polar surface area (TPSA) is 63.6 Å². The van der Waals surface area contributed by atoms with Crippen molar-refractivity contribution in [3.05, 3.63) is 12.8 Å². The van der Waals surface area contributed by atoms with Crippen molar-refractivity contribution in [1.82, 2.24) is 0 Å². The lowest BCUT2D eigenvalue weighted by Gasteiger charge is -2.54. The molecule has 4 fully saturated rings. The molecule has 4 heteroatoms. The molecule has 106 valence electrons. The van der Waals surface area contributed by atoms with Crippen LogP contribution in [0.1, 0.15) is 45.4 Å². The van der Waals surface area contributed by atoms with Crippen molar-refractivity contribution in [1.29, 1.82) is 0 Å². The zero-order chi connectivity index (χ0) is 14.0. The first-order chi connectivity index (χ1) is 8.95. The summed E-state index contributed by atoms with van der Waals surface area (Å²) in [5, 5.41) is 7.42. The van der Waals surface area contributed by atoms with Crippen molar-refractivity contribution >= 4 is 11.9 Å². The van der Waals surface area contributed by atoms with Gasteiger partial charge in [-0.2, -0.15) is 0 Å². The van der Waals surface area contributed by atoms with Gasteiger partial charge in [0.05, 0.1) is 11.7 Å². The average molecular weight is 266 g/mol. The molecular formula is C15H22O4. The lowest BCUT2D eigenvalue weighted by Crippen LogP contribution is -2.50. The van der Waals surface area contributed by atoms with E-state index in [0.717, 1.165) is 43.9 Å². The monoisotopic (exact) mass is 266 g/mol. The molecule has 0 spiro atoms. The largest absolute Gasteiger partial charge is 0.481 e. The molecule has 0 aliphatic heterocycles. The maximum Gasteiger partial charge on any atom is 0.316 e. The summed E-state index contributed by atoms with van der Waals surface area (Å²) in [7, 11) is 0. The Hall–Kier alpha value is -1.32. The van der Waals surface area contributed by atoms with Crippen LogP contribution in [0.5, 0.6) is 0 Å². The SMILES string of the molecule is C=COC(=O)C12CC3CC(CC(C3)C1)C2.CC(=O)O. The molecule has 0 aromatic rings. The Labute approximate surface area is 113 Å². The number of esters is 1. The number of hydrogen-bond donors (Lipinski definition) is 1. The molecule has 4 aliphatic carbocycles. The molecule has 0 aromatic heterocycles. The molecule has 4 nitrogen and oxygen atoms in total. The summed E-state index contributed by atoms with van der Waals surface area (Å²) >= 11 is 0. The standard InChI is InChI=1S/C13H18O2.C2H4O2/c1-2-15-12(14)13-6-9-3-10(7-13)5-11(4-9)8-13;1-2(3)4/h2,9-11H,1,3-8H2;1H3,(H,3,4). The number of aliphatic carboxylic acids is 1. The van der Waals surface area contributed by atoms with Gasteiger partial charge in [-0.15, -0.1) is 0 Å². The van der Waals surface area contributed by atoms with E-state index in [2.05, 4.69) is 6.58 Å². The minimum Gasteiger partial charge on any atom is -0.481 e. The van der Waals surface area contributed by atoms with Gasteiger partial charge in [0, 0.05) is 6.92 Å². The molecule has 4 aliphatic rings. The highest BCUT2D eigenvalue weighted by Gasteiger charge is 2.55. The molecule has 0 saturated heterocycles. The van der Waals surface area contributed by atoms with E-state index in [4.69, 9.17) is 14.6 Å². The third-order valence-corrected chi connectivity index (χ3v) is 4.66. The Morgan fingerprint density at radius 2 is 1.53 bits per heavy atom. The zero-order valence-electron chi connectivity index (χ0n) is 11.4. The van der Waals surface area contributed by atoms with Crippen LogP contribution < -0.4 is 0 Å². The number of carboxylic acids is 1. The van der Waals surface area contributed by atoms with Crippen molar-refractivity contribution < 1.29 is 19.4 Å². The average Bonchev–Trinajstić information content (AvgIpc) is 2.26. The highest BCUT2D eigenvalue weighted by atomic mass is 16.5. The second-order valence-electron chi connectivity index (χ2n) is 6.29. The van der Waals surface area contributed by atoms with E-state index in [9.17, 15) is 4.79 Å². The number of carboxylic acid groups (broad SMARTS) is 1. The fourth-order valence-corrected chi connectivity index (χ4v) is 4.56. The van der Waals surface area contributed by atoms with Gasteiger partial charge in [-0.3, -0.25) is 9.59 Å². The molecule has 0 amide bonds. The van der Waals surface area contributed by atoms with Gasteiger partial charge in [0.15, 0.2) is 0 Å². The van der Waals surface area contributed by atoms with E-state index < -0.39 is 5.97 Å². The third kappa shape index (κ3) is 2.99. The molecule has 4 saturated carbocycles. The van der Waals surface area contributed by atoms with Gasteiger partial charge >= 0.3 is 5.97 Å². The maximum atomic E-state index is 12.0. The third-order valence-electron chi connectivity index (χ3n) is 4.66. The van der Waals surface area contributed by atoms with E-state index in [1.54, 1.807) is 0 Å². The molecular weight excluding hydrogens is 244 g/mol. The van der Waals surface area contributed by atoms with Crippen molar-refractivity contribution in [2.75, 3.05) is 0 Å². The Kier molecular flexibility index (Phi) is 3.97. The minimum atomic E-state index is -0.833. The van der Waals surface area contributed by atoms with E-state index in [0.29, 0.717) is 0 Å². The van der Waals surface area contributed by atoms with E-state index in [1.165, 1.54) is 25.5 Å². The normalized spacial score (nSPS) is 38.1. The van der Waals surface area contributed by atoms with Crippen LogP contribution in [-0.4, -0.2) is 17.0 Å². The maximum absolute atomic E-state index is 12.0. The van der Waals surface area contributed by atoms with Crippen molar-refractivity contribution in [3.63, 3.8) is 0 Å². The summed E-state index contributed by atoms with van der Waals surface area (Å²) in [5.74, 6) is 1.56. The first-order valence-electron chi connectivity index (χ1n) is 6.96. The molecule has 0 aromatic carbocycles. The van der Waals surface area contributed by atoms with Gasteiger partial charge in [-0.05, 0) is 56.3 Å². The summed E-state index contributed by atoms with van der Waals surface area (Å²) in [6.45, 7) is 4.57. The lowest BCUT2D eigenvalue weighted by molar-refractivity contribution is -0.165. The van der Waals surface area contributed by atoms with Crippen LogP contribution in [0.3, 0.4) is 0 Å². The summed E-state index contributed by atoms with van der Waals surface area (Å²) in [5.41, 5.74) is -0.122. The molecule has 1 N–H and O–H groups in total. The van der Waals surface area contributed by atoms with Gasteiger partial charge in [0.25, 0.3) is 5.97 Å². The van der Waals surface area contributed by atoms with Gasteiger partial charge in [0.2, 0.25) is 0 Å². The van der Waals surface area contributed by atoms with Crippen molar-refractivity contribution in [2.24, 2.45) is 23.2 Å². The molecule has 4 rings (SSSR count). The highest BCUT2D eigenvalue weighted by Crippen LogP contribution is 2.60.